The molecule has 2 heterocycles. The Morgan fingerprint density at radius 3 is 2.60 bits per heavy atom. The van der Waals surface area contributed by atoms with Crippen LogP contribution in [0.4, 0.5) is 4.39 Å². The highest BCUT2D eigenvalue weighted by Crippen LogP contribution is 2.27. The van der Waals surface area contributed by atoms with Crippen LogP contribution >= 0.6 is 35.3 Å². The van der Waals surface area contributed by atoms with Crippen molar-refractivity contribution in [2.45, 2.75) is 49.5 Å². The average Bonchev–Trinajstić information content (AvgIpc) is 2.94. The van der Waals surface area contributed by atoms with Crippen LogP contribution in [0.5, 0.6) is 0 Å². The molecule has 0 unspecified atom stereocenters. The summed E-state index contributed by atoms with van der Waals surface area (Å²) in [6.45, 7) is 4.23. The molecule has 0 bridgehead atoms. The lowest BCUT2D eigenvalue weighted by atomic mass is 9.98. The van der Waals surface area contributed by atoms with Gasteiger partial charge in [-0.25, -0.2) is 9.07 Å². The van der Waals surface area contributed by atoms with Gasteiger partial charge in [-0.05, 0) is 69.6 Å². The molecule has 1 saturated heterocycles. The Hall–Kier alpha value is -1.25. The highest BCUT2D eigenvalue weighted by atomic mass is 32.2. The summed E-state index contributed by atoms with van der Waals surface area (Å²) in [6, 6.07) is 6.64. The van der Waals surface area contributed by atoms with Crippen molar-refractivity contribution in [2.24, 2.45) is 0 Å². The Kier molecular flexibility index (Phi) is 5.91. The number of piperidine rings is 1. The SMILES string of the molecule is C[C@@H]1CCC[C@H](C)N1C(=O)CSc1nn(-c2ccc(F)cc2)c(=S)s1. The first-order valence-corrected chi connectivity index (χ1v) is 10.5. The van der Waals surface area contributed by atoms with Crippen LogP contribution in [0.3, 0.4) is 0 Å². The minimum absolute atomic E-state index is 0.152. The van der Waals surface area contributed by atoms with Crippen molar-refractivity contribution in [3.05, 3.63) is 34.0 Å². The second-order valence-electron chi connectivity index (χ2n) is 6.24. The lowest BCUT2D eigenvalue weighted by molar-refractivity contribution is -0.134. The van der Waals surface area contributed by atoms with Crippen LogP contribution < -0.4 is 0 Å². The first-order chi connectivity index (χ1) is 12.0. The molecule has 2 atom stereocenters. The molecule has 0 saturated carbocycles. The van der Waals surface area contributed by atoms with Crippen LogP contribution in [-0.4, -0.2) is 38.4 Å². The number of carbonyl (C=O) groups excluding carboxylic acids is 1. The van der Waals surface area contributed by atoms with Crippen molar-refractivity contribution in [1.29, 1.82) is 0 Å². The van der Waals surface area contributed by atoms with Gasteiger partial charge in [-0.15, -0.1) is 5.10 Å². The Labute approximate surface area is 160 Å². The van der Waals surface area contributed by atoms with Crippen molar-refractivity contribution in [3.63, 3.8) is 0 Å². The van der Waals surface area contributed by atoms with Crippen molar-refractivity contribution in [1.82, 2.24) is 14.7 Å². The molecule has 25 heavy (non-hydrogen) atoms. The first-order valence-electron chi connectivity index (χ1n) is 8.26. The third kappa shape index (κ3) is 4.30. The summed E-state index contributed by atoms with van der Waals surface area (Å²) in [6.07, 6.45) is 3.32. The molecule has 4 nitrogen and oxygen atoms in total. The summed E-state index contributed by atoms with van der Waals surface area (Å²) >= 11 is 8.13. The zero-order valence-electron chi connectivity index (χ0n) is 14.1. The quantitative estimate of drug-likeness (QED) is 0.554. The predicted molar refractivity (Wildman–Crippen MR) is 103 cm³/mol. The largest absolute Gasteiger partial charge is 0.337 e. The Bertz CT molecular complexity index is 792. The molecule has 1 aromatic heterocycles. The average molecular weight is 398 g/mol. The molecule has 0 N–H and O–H groups in total. The lowest BCUT2D eigenvalue weighted by Crippen LogP contribution is -2.48. The molecular weight excluding hydrogens is 377 g/mol. The van der Waals surface area contributed by atoms with E-state index in [0.717, 1.165) is 22.9 Å². The number of hydrogen-bond acceptors (Lipinski definition) is 5. The Balaban J connectivity index is 1.68. The van der Waals surface area contributed by atoms with Gasteiger partial charge in [0, 0.05) is 12.1 Å². The van der Waals surface area contributed by atoms with E-state index in [0.29, 0.717) is 21.8 Å². The monoisotopic (exact) mass is 397 g/mol. The van der Waals surface area contributed by atoms with Crippen molar-refractivity contribution in [3.8, 4) is 5.69 Å². The fourth-order valence-corrected chi connectivity index (χ4v) is 5.41. The maximum atomic E-state index is 13.1. The molecule has 1 aromatic carbocycles. The number of likely N-dealkylation sites (tertiary alicyclic amines) is 1. The lowest BCUT2D eigenvalue weighted by Gasteiger charge is -2.39. The number of hydrogen-bond donors (Lipinski definition) is 0. The zero-order valence-corrected chi connectivity index (χ0v) is 16.6. The summed E-state index contributed by atoms with van der Waals surface area (Å²) in [5.74, 6) is 0.218. The number of thioether (sulfide) groups is 1. The van der Waals surface area contributed by atoms with Gasteiger partial charge >= 0.3 is 0 Å². The first kappa shape index (κ1) is 18.5. The number of nitrogens with zero attached hydrogens (tertiary/aromatic N) is 3. The van der Waals surface area contributed by atoms with Crippen LogP contribution in [0.15, 0.2) is 28.6 Å². The molecule has 2 aromatic rings. The van der Waals surface area contributed by atoms with Gasteiger partial charge in [-0.1, -0.05) is 23.1 Å². The molecule has 134 valence electrons. The normalized spacial score (nSPS) is 20.7. The van der Waals surface area contributed by atoms with Crippen LogP contribution in [0.2, 0.25) is 0 Å². The Morgan fingerprint density at radius 2 is 1.96 bits per heavy atom. The number of benzene rings is 1. The van der Waals surface area contributed by atoms with Crippen molar-refractivity contribution in [2.75, 3.05) is 5.75 Å². The van der Waals surface area contributed by atoms with E-state index in [-0.39, 0.29) is 11.7 Å². The van der Waals surface area contributed by atoms with E-state index in [1.165, 1.54) is 41.7 Å². The highest BCUT2D eigenvalue weighted by molar-refractivity contribution is 8.01. The van der Waals surface area contributed by atoms with Gasteiger partial charge in [0.15, 0.2) is 8.29 Å². The second-order valence-corrected chi connectivity index (χ2v) is 9.09. The number of aromatic nitrogens is 2. The molecule has 1 aliphatic rings. The molecule has 8 heteroatoms. The molecule has 0 spiro atoms. The summed E-state index contributed by atoms with van der Waals surface area (Å²) in [7, 11) is 0. The summed E-state index contributed by atoms with van der Waals surface area (Å²) in [5.41, 5.74) is 0.721. The predicted octanol–water partition coefficient (Wildman–Crippen LogP) is 4.68. The summed E-state index contributed by atoms with van der Waals surface area (Å²) in [5, 5.41) is 4.47. The number of rotatable bonds is 4. The highest BCUT2D eigenvalue weighted by Gasteiger charge is 2.28. The van der Waals surface area contributed by atoms with Crippen molar-refractivity contribution < 1.29 is 9.18 Å². The van der Waals surface area contributed by atoms with Crippen molar-refractivity contribution >= 4 is 41.2 Å². The van der Waals surface area contributed by atoms with Gasteiger partial charge in [0.05, 0.1) is 11.4 Å². The van der Waals surface area contributed by atoms with E-state index in [1.807, 2.05) is 4.90 Å². The minimum atomic E-state index is -0.296. The molecule has 0 radical (unpaired) electrons. The van der Waals surface area contributed by atoms with Gasteiger partial charge in [0.2, 0.25) is 5.91 Å². The fraction of sp³-hybridized carbons (Fsp3) is 0.471. The molecule has 1 amide bonds. The molecule has 0 aliphatic carbocycles. The molecule has 1 fully saturated rings. The van der Waals surface area contributed by atoms with E-state index in [4.69, 9.17) is 12.2 Å². The third-order valence-electron chi connectivity index (χ3n) is 4.40. The maximum Gasteiger partial charge on any atom is 0.233 e. The maximum absolute atomic E-state index is 13.1. The van der Waals surface area contributed by atoms with E-state index in [9.17, 15) is 9.18 Å². The molecule has 1 aliphatic heterocycles. The van der Waals surface area contributed by atoms with Crippen LogP contribution in [0.25, 0.3) is 5.69 Å². The van der Waals surface area contributed by atoms with E-state index < -0.39 is 0 Å². The molecular formula is C17H20FN3OS3. The van der Waals surface area contributed by atoms with Crippen LogP contribution in [0, 0.1) is 9.77 Å². The fourth-order valence-electron chi connectivity index (χ4n) is 3.18. The van der Waals surface area contributed by atoms with Crippen LogP contribution in [0.1, 0.15) is 33.1 Å². The van der Waals surface area contributed by atoms with Gasteiger partial charge in [-0.3, -0.25) is 4.79 Å². The second kappa shape index (κ2) is 7.97. The number of carbonyl (C=O) groups is 1. The molecule has 3 rings (SSSR count). The standard InChI is InChI=1S/C17H20FN3OS3/c1-11-4-3-5-12(2)20(11)15(22)10-24-16-19-21(17(23)25-16)14-8-6-13(18)7-9-14/h6-9,11-12H,3-5,10H2,1-2H3/t11-,12+. The van der Waals surface area contributed by atoms with Gasteiger partial charge in [-0.2, -0.15) is 0 Å². The summed E-state index contributed by atoms with van der Waals surface area (Å²) in [4.78, 5) is 14.6. The Morgan fingerprint density at radius 1 is 1.32 bits per heavy atom. The van der Waals surface area contributed by atoms with E-state index in [1.54, 1.807) is 16.8 Å². The topological polar surface area (TPSA) is 38.1 Å². The van der Waals surface area contributed by atoms with Gasteiger partial charge < -0.3 is 4.90 Å². The smallest absolute Gasteiger partial charge is 0.233 e. The minimum Gasteiger partial charge on any atom is -0.337 e. The number of halogens is 1. The van der Waals surface area contributed by atoms with Gasteiger partial charge in [0.25, 0.3) is 0 Å². The zero-order chi connectivity index (χ0) is 18.0. The third-order valence-corrected chi connectivity index (χ3v) is 6.75. The van der Waals surface area contributed by atoms with Crippen LogP contribution in [-0.2, 0) is 4.79 Å². The number of amides is 1. The summed E-state index contributed by atoms with van der Waals surface area (Å²) < 4.78 is 16.0. The van der Waals surface area contributed by atoms with E-state index in [2.05, 4.69) is 18.9 Å². The van der Waals surface area contributed by atoms with Gasteiger partial charge in [0.1, 0.15) is 5.82 Å². The van der Waals surface area contributed by atoms with E-state index >= 15 is 0 Å².